The van der Waals surface area contributed by atoms with Gasteiger partial charge < -0.3 is 10.1 Å². The molecule has 1 aromatic heterocycles. The number of benzene rings is 2. The molecule has 1 heterocycles. The van der Waals surface area contributed by atoms with Gasteiger partial charge >= 0.3 is 0 Å². The van der Waals surface area contributed by atoms with Gasteiger partial charge in [-0.2, -0.15) is 0 Å². The van der Waals surface area contributed by atoms with Crippen molar-refractivity contribution in [2.45, 2.75) is 26.8 Å². The molecule has 0 saturated heterocycles. The largest absolute Gasteiger partial charge is 0.493 e. The highest BCUT2D eigenvalue weighted by Gasteiger charge is 2.08. The number of amides is 1. The van der Waals surface area contributed by atoms with Crippen molar-refractivity contribution < 1.29 is 9.53 Å². The van der Waals surface area contributed by atoms with Crippen LogP contribution in [-0.2, 0) is 13.0 Å². The summed E-state index contributed by atoms with van der Waals surface area (Å²) in [5.74, 6) is 1.14. The molecule has 0 aliphatic heterocycles. The number of hydrogen-bond acceptors (Lipinski definition) is 4. The van der Waals surface area contributed by atoms with Crippen LogP contribution in [-0.4, -0.2) is 17.5 Å². The Hall–Kier alpha value is -2.66. The smallest absolute Gasteiger partial charge is 0.251 e. The standard InChI is InChI=1S/C22H24N2O2S/c1-16(2)14-26-20-10-8-18(9-11-20)22(25)23-13-19-15-27-21(24-19)12-17-6-4-3-5-7-17/h3-11,15-16H,12-14H2,1-2H3,(H,23,25). The van der Waals surface area contributed by atoms with E-state index >= 15 is 0 Å². The van der Waals surface area contributed by atoms with Gasteiger partial charge in [-0.1, -0.05) is 44.2 Å². The molecule has 2 aromatic carbocycles. The van der Waals surface area contributed by atoms with Crippen molar-refractivity contribution in [3.63, 3.8) is 0 Å². The van der Waals surface area contributed by atoms with E-state index in [1.165, 1.54) is 5.56 Å². The van der Waals surface area contributed by atoms with E-state index in [-0.39, 0.29) is 5.91 Å². The molecular weight excluding hydrogens is 356 g/mol. The number of thiazole rings is 1. The molecule has 0 saturated carbocycles. The highest BCUT2D eigenvalue weighted by molar-refractivity contribution is 7.09. The normalized spacial score (nSPS) is 10.8. The maximum absolute atomic E-state index is 12.3. The summed E-state index contributed by atoms with van der Waals surface area (Å²) in [7, 11) is 0. The van der Waals surface area contributed by atoms with Gasteiger partial charge in [0.2, 0.25) is 0 Å². The monoisotopic (exact) mass is 380 g/mol. The molecule has 0 aliphatic rings. The Morgan fingerprint density at radius 3 is 2.56 bits per heavy atom. The maximum atomic E-state index is 12.3. The summed E-state index contributed by atoms with van der Waals surface area (Å²) in [5.41, 5.74) is 2.74. The van der Waals surface area contributed by atoms with Gasteiger partial charge in [-0.3, -0.25) is 4.79 Å². The summed E-state index contributed by atoms with van der Waals surface area (Å²) in [6.45, 7) is 5.30. The Labute approximate surface area is 164 Å². The quantitative estimate of drug-likeness (QED) is 0.616. The number of carbonyl (C=O) groups is 1. The zero-order chi connectivity index (χ0) is 19.1. The van der Waals surface area contributed by atoms with Gasteiger partial charge in [0.25, 0.3) is 5.91 Å². The molecule has 1 amide bonds. The first-order chi connectivity index (χ1) is 13.1. The fourth-order valence-electron chi connectivity index (χ4n) is 2.52. The van der Waals surface area contributed by atoms with Gasteiger partial charge in [0.05, 0.1) is 23.9 Å². The van der Waals surface area contributed by atoms with E-state index in [1.54, 1.807) is 23.5 Å². The molecule has 4 nitrogen and oxygen atoms in total. The van der Waals surface area contributed by atoms with Crippen molar-refractivity contribution in [3.05, 3.63) is 81.8 Å². The van der Waals surface area contributed by atoms with Gasteiger partial charge in [-0.25, -0.2) is 4.98 Å². The van der Waals surface area contributed by atoms with E-state index in [4.69, 9.17) is 4.74 Å². The van der Waals surface area contributed by atoms with Crippen LogP contribution in [0.2, 0.25) is 0 Å². The third-order valence-electron chi connectivity index (χ3n) is 3.93. The Balaban J connectivity index is 1.50. The minimum atomic E-state index is -0.108. The van der Waals surface area contributed by atoms with E-state index in [2.05, 4.69) is 36.3 Å². The molecule has 0 aliphatic carbocycles. The lowest BCUT2D eigenvalue weighted by molar-refractivity contribution is 0.0950. The zero-order valence-corrected chi connectivity index (χ0v) is 16.5. The molecule has 3 rings (SSSR count). The number of hydrogen-bond donors (Lipinski definition) is 1. The van der Waals surface area contributed by atoms with Gasteiger partial charge in [-0.15, -0.1) is 11.3 Å². The van der Waals surface area contributed by atoms with Gasteiger partial charge in [-0.05, 0) is 35.7 Å². The molecule has 0 radical (unpaired) electrons. The summed E-state index contributed by atoms with van der Waals surface area (Å²) in [6, 6.07) is 17.5. The predicted molar refractivity (Wildman–Crippen MR) is 109 cm³/mol. The second-order valence-electron chi connectivity index (χ2n) is 6.81. The molecule has 5 heteroatoms. The maximum Gasteiger partial charge on any atom is 0.251 e. The number of nitrogens with zero attached hydrogens (tertiary/aromatic N) is 1. The number of ether oxygens (including phenoxy) is 1. The van der Waals surface area contributed by atoms with Crippen LogP contribution in [0.5, 0.6) is 5.75 Å². The lowest BCUT2D eigenvalue weighted by Crippen LogP contribution is -2.22. The topological polar surface area (TPSA) is 51.2 Å². The summed E-state index contributed by atoms with van der Waals surface area (Å²) in [5, 5.41) is 5.98. The third kappa shape index (κ3) is 5.93. The van der Waals surface area contributed by atoms with Crippen molar-refractivity contribution in [1.82, 2.24) is 10.3 Å². The molecule has 0 unspecified atom stereocenters. The SMILES string of the molecule is CC(C)COc1ccc(C(=O)NCc2csc(Cc3ccccc3)n2)cc1. The minimum absolute atomic E-state index is 0.108. The van der Waals surface area contributed by atoms with E-state index in [1.807, 2.05) is 35.7 Å². The summed E-state index contributed by atoms with van der Waals surface area (Å²) in [6.07, 6.45) is 0.817. The first-order valence-corrected chi connectivity index (χ1v) is 9.96. The molecule has 1 N–H and O–H groups in total. The average molecular weight is 381 g/mol. The van der Waals surface area contributed by atoms with Crippen molar-refractivity contribution in [3.8, 4) is 5.75 Å². The van der Waals surface area contributed by atoms with Crippen LogP contribution in [0.15, 0.2) is 60.0 Å². The van der Waals surface area contributed by atoms with Crippen LogP contribution in [0.1, 0.15) is 40.5 Å². The van der Waals surface area contributed by atoms with Crippen LogP contribution in [0.4, 0.5) is 0 Å². The van der Waals surface area contributed by atoms with Crippen LogP contribution in [0.25, 0.3) is 0 Å². The first kappa shape index (κ1) is 19.1. The second kappa shape index (κ2) is 9.33. The predicted octanol–water partition coefficient (Wildman–Crippen LogP) is 4.70. The van der Waals surface area contributed by atoms with Gasteiger partial charge in [0.15, 0.2) is 0 Å². The summed E-state index contributed by atoms with van der Waals surface area (Å²) in [4.78, 5) is 16.9. The lowest BCUT2D eigenvalue weighted by atomic mass is 10.2. The van der Waals surface area contributed by atoms with Crippen molar-refractivity contribution in [1.29, 1.82) is 0 Å². The van der Waals surface area contributed by atoms with E-state index in [9.17, 15) is 4.79 Å². The fraction of sp³-hybridized carbons (Fsp3) is 0.273. The van der Waals surface area contributed by atoms with Crippen LogP contribution in [0, 0.1) is 5.92 Å². The zero-order valence-electron chi connectivity index (χ0n) is 15.6. The number of aromatic nitrogens is 1. The Morgan fingerprint density at radius 1 is 1.11 bits per heavy atom. The minimum Gasteiger partial charge on any atom is -0.493 e. The number of rotatable bonds is 8. The highest BCUT2D eigenvalue weighted by atomic mass is 32.1. The Kier molecular flexibility index (Phi) is 6.60. The number of nitrogens with one attached hydrogen (secondary N) is 1. The van der Waals surface area contributed by atoms with E-state index in [0.29, 0.717) is 24.6 Å². The first-order valence-electron chi connectivity index (χ1n) is 9.08. The van der Waals surface area contributed by atoms with Gasteiger partial charge in [0.1, 0.15) is 5.75 Å². The Morgan fingerprint density at radius 2 is 1.85 bits per heavy atom. The van der Waals surface area contributed by atoms with Crippen LogP contribution in [0.3, 0.4) is 0 Å². The van der Waals surface area contributed by atoms with Gasteiger partial charge in [0, 0.05) is 17.4 Å². The molecule has 0 bridgehead atoms. The third-order valence-corrected chi connectivity index (χ3v) is 4.83. The van der Waals surface area contributed by atoms with E-state index < -0.39 is 0 Å². The molecule has 0 fully saturated rings. The lowest BCUT2D eigenvalue weighted by Gasteiger charge is -2.09. The van der Waals surface area contributed by atoms with Crippen LogP contribution >= 0.6 is 11.3 Å². The molecular formula is C22H24N2O2S. The fourth-order valence-corrected chi connectivity index (χ4v) is 3.35. The highest BCUT2D eigenvalue weighted by Crippen LogP contribution is 2.16. The number of carbonyl (C=O) groups excluding carboxylic acids is 1. The molecule has 3 aromatic rings. The molecule has 27 heavy (non-hydrogen) atoms. The van der Waals surface area contributed by atoms with Crippen molar-refractivity contribution in [2.24, 2.45) is 5.92 Å². The Bertz CT molecular complexity index is 858. The molecule has 0 spiro atoms. The molecule has 140 valence electrons. The summed E-state index contributed by atoms with van der Waals surface area (Å²) < 4.78 is 5.64. The summed E-state index contributed by atoms with van der Waals surface area (Å²) >= 11 is 1.62. The van der Waals surface area contributed by atoms with Crippen molar-refractivity contribution in [2.75, 3.05) is 6.61 Å². The average Bonchev–Trinajstić information content (AvgIpc) is 3.13. The van der Waals surface area contributed by atoms with Crippen LogP contribution < -0.4 is 10.1 Å². The molecule has 0 atom stereocenters. The second-order valence-corrected chi connectivity index (χ2v) is 7.75. The van der Waals surface area contributed by atoms with E-state index in [0.717, 1.165) is 22.9 Å². The van der Waals surface area contributed by atoms with Crippen molar-refractivity contribution >= 4 is 17.2 Å².